The van der Waals surface area contributed by atoms with Crippen molar-refractivity contribution in [2.24, 2.45) is 5.92 Å². The Balaban J connectivity index is 1.50. The molecule has 2 rings (SSSR count). The van der Waals surface area contributed by atoms with Crippen molar-refractivity contribution in [1.82, 2.24) is 5.32 Å². The lowest BCUT2D eigenvalue weighted by Gasteiger charge is -2.43. The second-order valence-electron chi connectivity index (χ2n) is 5.01. The maximum Gasteiger partial charge on any atom is 0.0986 e. The minimum absolute atomic E-state index is 0.207. The van der Waals surface area contributed by atoms with Crippen molar-refractivity contribution in [1.29, 1.82) is 0 Å². The summed E-state index contributed by atoms with van der Waals surface area (Å²) in [7, 11) is 1.76. The molecule has 2 saturated carbocycles. The highest BCUT2D eigenvalue weighted by Gasteiger charge is 2.41. The van der Waals surface area contributed by atoms with E-state index in [-0.39, 0.29) is 12.2 Å². The van der Waals surface area contributed by atoms with Crippen molar-refractivity contribution >= 4 is 0 Å². The third-order valence-corrected chi connectivity index (χ3v) is 3.61. The first-order valence-corrected chi connectivity index (χ1v) is 6.80. The van der Waals surface area contributed by atoms with Crippen LogP contribution in [0, 0.1) is 5.92 Å². The van der Waals surface area contributed by atoms with Crippen LogP contribution in [0.25, 0.3) is 0 Å². The summed E-state index contributed by atoms with van der Waals surface area (Å²) < 4.78 is 16.6. The zero-order valence-electron chi connectivity index (χ0n) is 11.0. The van der Waals surface area contributed by atoms with E-state index in [0.717, 1.165) is 38.7 Å². The lowest BCUT2D eigenvalue weighted by atomic mass is 9.85. The van der Waals surface area contributed by atoms with E-state index >= 15 is 0 Å². The van der Waals surface area contributed by atoms with E-state index in [1.807, 2.05) is 6.92 Å². The molecule has 3 unspecified atom stereocenters. The fourth-order valence-corrected chi connectivity index (χ4v) is 2.33. The Kier molecular flexibility index (Phi) is 5.22. The van der Waals surface area contributed by atoms with Gasteiger partial charge in [-0.05, 0) is 32.1 Å². The summed E-state index contributed by atoms with van der Waals surface area (Å²) >= 11 is 0. The first-order chi connectivity index (χ1) is 8.35. The molecule has 0 aromatic carbocycles. The smallest absolute Gasteiger partial charge is 0.0986 e. The van der Waals surface area contributed by atoms with E-state index in [1.165, 1.54) is 12.8 Å². The molecule has 0 radical (unpaired) electrons. The number of nitrogens with one attached hydrogen (secondary N) is 1. The average Bonchev–Trinajstić information content (AvgIpc) is 3.10. The van der Waals surface area contributed by atoms with E-state index in [0.29, 0.717) is 6.04 Å². The summed E-state index contributed by atoms with van der Waals surface area (Å²) in [5.74, 6) is 0.854. The molecule has 0 aromatic heterocycles. The van der Waals surface area contributed by atoms with Gasteiger partial charge in [-0.25, -0.2) is 0 Å². The number of rotatable bonds is 9. The predicted molar refractivity (Wildman–Crippen MR) is 66.2 cm³/mol. The van der Waals surface area contributed by atoms with E-state index in [4.69, 9.17) is 14.2 Å². The minimum atomic E-state index is 0.207. The molecule has 2 aliphatic carbocycles. The Hall–Kier alpha value is -0.160. The van der Waals surface area contributed by atoms with Gasteiger partial charge < -0.3 is 19.5 Å². The quantitative estimate of drug-likeness (QED) is 0.618. The van der Waals surface area contributed by atoms with Gasteiger partial charge in [-0.15, -0.1) is 0 Å². The molecular weight excluding hydrogens is 218 g/mol. The van der Waals surface area contributed by atoms with Gasteiger partial charge in [0.25, 0.3) is 0 Å². The molecule has 2 aliphatic rings. The van der Waals surface area contributed by atoms with Gasteiger partial charge in [-0.3, -0.25) is 0 Å². The van der Waals surface area contributed by atoms with Crippen LogP contribution < -0.4 is 5.32 Å². The van der Waals surface area contributed by atoms with Crippen molar-refractivity contribution in [3.63, 3.8) is 0 Å². The van der Waals surface area contributed by atoms with Gasteiger partial charge in [-0.2, -0.15) is 0 Å². The van der Waals surface area contributed by atoms with Gasteiger partial charge in [0, 0.05) is 32.9 Å². The summed E-state index contributed by atoms with van der Waals surface area (Å²) in [4.78, 5) is 0. The van der Waals surface area contributed by atoms with Crippen LogP contribution >= 0.6 is 0 Å². The Labute approximate surface area is 104 Å². The molecule has 3 atom stereocenters. The zero-order valence-corrected chi connectivity index (χ0v) is 11.0. The lowest BCUT2D eigenvalue weighted by Crippen LogP contribution is -2.60. The van der Waals surface area contributed by atoms with Crippen LogP contribution in [-0.2, 0) is 14.2 Å². The molecule has 0 saturated heterocycles. The molecular formula is C13H25NO3. The Morgan fingerprint density at radius 3 is 2.76 bits per heavy atom. The molecule has 2 fully saturated rings. The Morgan fingerprint density at radius 2 is 2.12 bits per heavy atom. The predicted octanol–water partition coefficient (Wildman–Crippen LogP) is 1.19. The average molecular weight is 243 g/mol. The molecule has 1 N–H and O–H groups in total. The number of methoxy groups -OCH3 is 1. The molecule has 4 nitrogen and oxygen atoms in total. The van der Waals surface area contributed by atoms with Gasteiger partial charge in [-0.1, -0.05) is 0 Å². The molecule has 4 heteroatoms. The Morgan fingerprint density at radius 1 is 1.29 bits per heavy atom. The van der Waals surface area contributed by atoms with E-state index in [1.54, 1.807) is 7.11 Å². The monoisotopic (exact) mass is 243 g/mol. The topological polar surface area (TPSA) is 39.7 Å². The second-order valence-corrected chi connectivity index (χ2v) is 5.01. The third kappa shape index (κ3) is 3.91. The highest BCUT2D eigenvalue weighted by atomic mass is 16.5. The van der Waals surface area contributed by atoms with Crippen molar-refractivity contribution < 1.29 is 14.2 Å². The molecule has 17 heavy (non-hydrogen) atoms. The number of ether oxygens (including phenoxy) is 3. The highest BCUT2D eigenvalue weighted by molar-refractivity contribution is 4.96. The van der Waals surface area contributed by atoms with Crippen molar-refractivity contribution in [3.05, 3.63) is 0 Å². The first kappa shape index (κ1) is 13.3. The van der Waals surface area contributed by atoms with Crippen molar-refractivity contribution in [2.75, 3.05) is 33.5 Å². The van der Waals surface area contributed by atoms with E-state index in [2.05, 4.69) is 5.32 Å². The van der Waals surface area contributed by atoms with Crippen LogP contribution in [0.5, 0.6) is 0 Å². The maximum absolute atomic E-state index is 5.59. The van der Waals surface area contributed by atoms with Crippen molar-refractivity contribution in [3.8, 4) is 0 Å². The van der Waals surface area contributed by atoms with Crippen LogP contribution in [0.3, 0.4) is 0 Å². The fraction of sp³-hybridized carbons (Fsp3) is 1.00. The van der Waals surface area contributed by atoms with E-state index < -0.39 is 0 Å². The molecule has 0 heterocycles. The number of hydrogen-bond donors (Lipinski definition) is 1. The van der Waals surface area contributed by atoms with Crippen LogP contribution in [-0.4, -0.2) is 51.7 Å². The van der Waals surface area contributed by atoms with Gasteiger partial charge in [0.2, 0.25) is 0 Å². The van der Waals surface area contributed by atoms with Crippen LogP contribution in [0.1, 0.15) is 26.2 Å². The zero-order chi connectivity index (χ0) is 12.1. The summed E-state index contributed by atoms with van der Waals surface area (Å²) in [5.41, 5.74) is 0. The van der Waals surface area contributed by atoms with Gasteiger partial charge >= 0.3 is 0 Å². The third-order valence-electron chi connectivity index (χ3n) is 3.61. The van der Waals surface area contributed by atoms with Crippen LogP contribution in [0.2, 0.25) is 0 Å². The van der Waals surface area contributed by atoms with E-state index in [9.17, 15) is 0 Å². The summed E-state index contributed by atoms with van der Waals surface area (Å²) in [6, 6.07) is 0.432. The minimum Gasteiger partial charge on any atom is -0.380 e. The maximum atomic E-state index is 5.59. The largest absolute Gasteiger partial charge is 0.380 e. The fourth-order valence-electron chi connectivity index (χ4n) is 2.33. The molecule has 0 aliphatic heterocycles. The van der Waals surface area contributed by atoms with Gasteiger partial charge in [0.1, 0.15) is 0 Å². The van der Waals surface area contributed by atoms with Gasteiger partial charge in [0.05, 0.1) is 18.8 Å². The Bertz CT molecular complexity index is 221. The highest BCUT2D eigenvalue weighted by Crippen LogP contribution is 2.29. The second kappa shape index (κ2) is 6.69. The van der Waals surface area contributed by atoms with Crippen molar-refractivity contribution in [2.45, 2.75) is 44.4 Å². The number of hydrogen-bond acceptors (Lipinski definition) is 4. The molecule has 100 valence electrons. The molecule has 0 bridgehead atoms. The summed E-state index contributed by atoms with van der Waals surface area (Å²) in [5, 5.41) is 3.47. The van der Waals surface area contributed by atoms with Gasteiger partial charge in [0.15, 0.2) is 0 Å². The van der Waals surface area contributed by atoms with Crippen LogP contribution in [0.15, 0.2) is 0 Å². The molecule has 0 spiro atoms. The normalized spacial score (nSPS) is 32.5. The summed E-state index contributed by atoms with van der Waals surface area (Å²) in [6.45, 7) is 5.46. The summed E-state index contributed by atoms with van der Waals surface area (Å²) in [6.07, 6.45) is 4.25. The standard InChI is InChI=1S/C13H25NO3/c1-3-17-12-8-11(13(12)15-2)14-6-7-16-9-10-4-5-10/h10-14H,3-9H2,1-2H3. The lowest BCUT2D eigenvalue weighted by molar-refractivity contribution is -0.131. The molecule has 0 aromatic rings. The molecule has 0 amide bonds. The SMILES string of the molecule is CCOC1CC(NCCOCC2CC2)C1OC. The first-order valence-electron chi connectivity index (χ1n) is 6.80. The van der Waals surface area contributed by atoms with Crippen LogP contribution in [0.4, 0.5) is 0 Å².